The summed E-state index contributed by atoms with van der Waals surface area (Å²) < 4.78 is 0. The normalized spacial score (nSPS) is 33.0. The Bertz CT molecular complexity index is 1330. The molecule has 0 radical (unpaired) electrons. The van der Waals surface area contributed by atoms with Crippen molar-refractivity contribution in [1.82, 2.24) is 9.80 Å². The van der Waals surface area contributed by atoms with Crippen LogP contribution in [0, 0.1) is 29.6 Å². The smallest absolute Gasteiger partial charge is 0.235 e. The number of nitrogens with zero attached hydrogens (tertiary/aromatic N) is 2. The van der Waals surface area contributed by atoms with Gasteiger partial charge in [-0.25, -0.2) is 0 Å². The molecule has 1 aromatic carbocycles. The molecule has 40 heavy (non-hydrogen) atoms. The molecule has 1 amide bonds. The summed E-state index contributed by atoms with van der Waals surface area (Å²) in [6, 6.07) is 1.60. The van der Waals surface area contributed by atoms with Gasteiger partial charge >= 0.3 is 0 Å². The van der Waals surface area contributed by atoms with Crippen LogP contribution >= 0.6 is 0 Å². The van der Waals surface area contributed by atoms with Crippen LogP contribution in [0.25, 0.3) is 0 Å². The Balaban J connectivity index is 1.54. The highest BCUT2D eigenvalue weighted by Crippen LogP contribution is 2.51. The summed E-state index contributed by atoms with van der Waals surface area (Å²) in [6.45, 7) is 1.78. The minimum atomic E-state index is -2.77. The van der Waals surface area contributed by atoms with Crippen molar-refractivity contribution in [2.45, 2.75) is 43.7 Å². The lowest BCUT2D eigenvalue weighted by atomic mass is 9.52. The van der Waals surface area contributed by atoms with Gasteiger partial charge in [0.15, 0.2) is 40.4 Å². The number of rotatable bonds is 5. The average Bonchev–Trinajstić information content (AvgIpc) is 2.87. The van der Waals surface area contributed by atoms with Crippen molar-refractivity contribution in [1.29, 1.82) is 0 Å². The number of phenols is 1. The molecule has 214 valence electrons. The van der Waals surface area contributed by atoms with Crippen molar-refractivity contribution < 1.29 is 39.0 Å². The number of aromatic hydroxyl groups is 1. The number of hydrogen-bond donors (Lipinski definition) is 3. The number of Topliss-reactive ketones (excluding diaryl/α,β-unsaturated/α-hetero) is 5. The Morgan fingerprint density at radius 1 is 1.10 bits per heavy atom. The summed E-state index contributed by atoms with van der Waals surface area (Å²) in [4.78, 5) is 83.4. The maximum Gasteiger partial charge on any atom is 0.235 e. The van der Waals surface area contributed by atoms with E-state index in [0.29, 0.717) is 17.5 Å². The number of piperidine rings is 1. The molecule has 5 rings (SSSR count). The Labute approximate surface area is 231 Å². The zero-order chi connectivity index (χ0) is 29.3. The fourth-order valence-electron chi connectivity index (χ4n) is 7.50. The molecule has 2 unspecified atom stereocenters. The Morgan fingerprint density at radius 3 is 2.35 bits per heavy atom. The molecule has 2 saturated carbocycles. The zero-order valence-electron chi connectivity index (χ0n) is 22.9. The highest BCUT2D eigenvalue weighted by molar-refractivity contribution is 6.32. The molecular formula is C29H35N3O8. The van der Waals surface area contributed by atoms with E-state index < -0.39 is 64.4 Å². The molecule has 6 atom stereocenters. The second-order valence-corrected chi connectivity index (χ2v) is 12.1. The summed E-state index contributed by atoms with van der Waals surface area (Å²) in [5.41, 5.74) is 3.09. The molecule has 4 aliphatic rings. The number of likely N-dealkylation sites (N-methyl/N-ethyl adjacent to an activating group) is 1. The van der Waals surface area contributed by atoms with Crippen molar-refractivity contribution in [3.8, 4) is 5.75 Å². The highest BCUT2D eigenvalue weighted by atomic mass is 16.3. The SMILES string of the molecule is CN1CCC(CC(=O)c2ccc(O)c3c2C[C@@H]2C[C@@H]4[C@@H](N(C)C)C(=O)C(C(N)=O)C(=O)[C@]4(O)C(=O)C2C3=O)CC1. The first kappa shape index (κ1) is 28.3. The summed E-state index contributed by atoms with van der Waals surface area (Å²) in [6.07, 6.45) is 2.08. The topological polar surface area (TPSA) is 175 Å². The summed E-state index contributed by atoms with van der Waals surface area (Å²) in [5, 5.41) is 22.3. The van der Waals surface area contributed by atoms with Crippen molar-refractivity contribution >= 4 is 34.8 Å². The van der Waals surface area contributed by atoms with E-state index in [1.165, 1.54) is 31.1 Å². The van der Waals surface area contributed by atoms with Crippen LogP contribution in [0.15, 0.2) is 12.1 Å². The van der Waals surface area contributed by atoms with Gasteiger partial charge in [-0.15, -0.1) is 0 Å². The molecule has 1 aromatic rings. The third kappa shape index (κ3) is 4.13. The number of benzene rings is 1. The van der Waals surface area contributed by atoms with Crippen LogP contribution < -0.4 is 5.73 Å². The molecule has 0 bridgehead atoms. The van der Waals surface area contributed by atoms with Crippen LogP contribution in [-0.4, -0.2) is 101 Å². The number of phenolic OH excluding ortho intramolecular Hbond substituents is 1. The number of primary amides is 1. The molecule has 3 fully saturated rings. The van der Waals surface area contributed by atoms with E-state index in [2.05, 4.69) is 4.90 Å². The van der Waals surface area contributed by atoms with Crippen LogP contribution in [0.5, 0.6) is 5.75 Å². The van der Waals surface area contributed by atoms with E-state index in [9.17, 15) is 39.0 Å². The second-order valence-electron chi connectivity index (χ2n) is 12.1. The van der Waals surface area contributed by atoms with Crippen LogP contribution in [-0.2, 0) is 25.6 Å². The van der Waals surface area contributed by atoms with E-state index in [1.54, 1.807) is 0 Å². The molecule has 3 aliphatic carbocycles. The lowest BCUT2D eigenvalue weighted by Crippen LogP contribution is -2.74. The summed E-state index contributed by atoms with van der Waals surface area (Å²) >= 11 is 0. The Hall–Kier alpha value is -3.28. The predicted octanol–water partition coefficient (Wildman–Crippen LogP) is -0.218. The molecule has 1 aliphatic heterocycles. The number of ketones is 5. The quantitative estimate of drug-likeness (QED) is 0.327. The molecule has 11 nitrogen and oxygen atoms in total. The minimum absolute atomic E-state index is 0.0534. The van der Waals surface area contributed by atoms with Gasteiger partial charge in [-0.3, -0.25) is 33.7 Å². The molecule has 1 saturated heterocycles. The minimum Gasteiger partial charge on any atom is -0.507 e. The second kappa shape index (κ2) is 9.97. The van der Waals surface area contributed by atoms with Gasteiger partial charge in [0.1, 0.15) is 5.75 Å². The van der Waals surface area contributed by atoms with Gasteiger partial charge in [-0.2, -0.15) is 0 Å². The van der Waals surface area contributed by atoms with Crippen LogP contribution in [0.2, 0.25) is 0 Å². The van der Waals surface area contributed by atoms with E-state index in [-0.39, 0.29) is 35.9 Å². The van der Waals surface area contributed by atoms with Gasteiger partial charge < -0.3 is 20.8 Å². The largest absolute Gasteiger partial charge is 0.507 e. The van der Waals surface area contributed by atoms with Crippen LogP contribution in [0.4, 0.5) is 0 Å². The number of amides is 1. The summed E-state index contributed by atoms with van der Waals surface area (Å²) in [7, 11) is 5.10. The van der Waals surface area contributed by atoms with E-state index in [1.807, 2.05) is 7.05 Å². The number of carbonyl (C=O) groups excluding carboxylic acids is 6. The standard InChI is InChI=1S/C29H35N3O8/c1-31(2)23-17-12-14-11-16-15(19(34)10-13-6-8-32(3)9-7-13)4-5-18(33)21(16)24(35)20(14)26(37)29(17,40)27(38)22(25(23)36)28(30)39/h4-5,13-14,17,20,22-23,33,40H,6-12H2,1-3H3,(H2,30,39)/t14-,17-,20?,22?,23-,29-/m1/s1. The first-order valence-electron chi connectivity index (χ1n) is 13.7. The zero-order valence-corrected chi connectivity index (χ0v) is 22.9. The fourth-order valence-corrected chi connectivity index (χ4v) is 7.50. The molecule has 0 spiro atoms. The predicted molar refractivity (Wildman–Crippen MR) is 141 cm³/mol. The number of nitrogens with two attached hydrogens (primary N) is 1. The van der Waals surface area contributed by atoms with E-state index >= 15 is 0 Å². The van der Waals surface area contributed by atoms with Gasteiger partial charge in [0.25, 0.3) is 0 Å². The fraction of sp³-hybridized carbons (Fsp3) is 0.586. The van der Waals surface area contributed by atoms with Gasteiger partial charge in [0.05, 0.1) is 17.5 Å². The van der Waals surface area contributed by atoms with Gasteiger partial charge in [-0.05, 0) is 89.4 Å². The van der Waals surface area contributed by atoms with Crippen molar-refractivity contribution in [2.24, 2.45) is 35.3 Å². The van der Waals surface area contributed by atoms with Gasteiger partial charge in [-0.1, -0.05) is 0 Å². The number of hydrogen-bond acceptors (Lipinski definition) is 10. The number of fused-ring (bicyclic) bond motifs is 3. The third-order valence-electron chi connectivity index (χ3n) is 9.56. The number of carbonyl (C=O) groups is 6. The lowest BCUT2D eigenvalue weighted by molar-refractivity contribution is -0.181. The molecule has 11 heteroatoms. The first-order valence-corrected chi connectivity index (χ1v) is 13.7. The Kier molecular flexibility index (Phi) is 7.04. The molecule has 0 aromatic heterocycles. The number of likely N-dealkylation sites (tertiary alicyclic amines) is 1. The van der Waals surface area contributed by atoms with Crippen molar-refractivity contribution in [2.75, 3.05) is 34.2 Å². The molecular weight excluding hydrogens is 518 g/mol. The van der Waals surface area contributed by atoms with E-state index in [4.69, 9.17) is 5.73 Å². The third-order valence-corrected chi connectivity index (χ3v) is 9.56. The lowest BCUT2D eigenvalue weighted by Gasteiger charge is -2.52. The van der Waals surface area contributed by atoms with Crippen molar-refractivity contribution in [3.05, 3.63) is 28.8 Å². The van der Waals surface area contributed by atoms with Gasteiger partial charge in [0, 0.05) is 17.9 Å². The van der Waals surface area contributed by atoms with E-state index in [0.717, 1.165) is 25.9 Å². The van der Waals surface area contributed by atoms with Crippen LogP contribution in [0.3, 0.4) is 0 Å². The monoisotopic (exact) mass is 553 g/mol. The maximum absolute atomic E-state index is 13.9. The van der Waals surface area contributed by atoms with Crippen molar-refractivity contribution in [3.63, 3.8) is 0 Å². The van der Waals surface area contributed by atoms with Crippen LogP contribution in [0.1, 0.15) is 52.0 Å². The molecule has 1 heterocycles. The first-order chi connectivity index (χ1) is 18.8. The summed E-state index contributed by atoms with van der Waals surface area (Å²) in [5.74, 6) is -11.0. The number of aliphatic hydroxyl groups is 1. The Morgan fingerprint density at radius 2 is 1.75 bits per heavy atom. The highest BCUT2D eigenvalue weighted by Gasteiger charge is 2.69. The maximum atomic E-state index is 13.9. The average molecular weight is 554 g/mol. The molecule has 4 N–H and O–H groups in total. The van der Waals surface area contributed by atoms with Gasteiger partial charge in [0.2, 0.25) is 5.91 Å².